The van der Waals surface area contributed by atoms with Gasteiger partial charge in [-0.15, -0.1) is 0 Å². The number of benzene rings is 2. The molecule has 0 radical (unpaired) electrons. The fourth-order valence-corrected chi connectivity index (χ4v) is 6.74. The molecule has 2 aliphatic heterocycles. The van der Waals surface area contributed by atoms with Crippen LogP contribution in [-0.4, -0.2) is 77.8 Å². The number of sulfonamides is 1. The van der Waals surface area contributed by atoms with Gasteiger partial charge in [-0.05, 0) is 50.6 Å². The number of nitrogens with zero attached hydrogens (tertiary/aromatic N) is 5. The number of carbonyl (C=O) groups excluding carboxylic acids is 1. The van der Waals surface area contributed by atoms with Crippen LogP contribution in [0.1, 0.15) is 24.3 Å². The van der Waals surface area contributed by atoms with Gasteiger partial charge in [0.1, 0.15) is 0 Å². The molecule has 0 N–H and O–H groups in total. The van der Waals surface area contributed by atoms with E-state index in [1.54, 1.807) is 24.3 Å². The molecule has 1 amide bonds. The van der Waals surface area contributed by atoms with E-state index in [4.69, 9.17) is 4.52 Å². The highest BCUT2D eigenvalue weighted by molar-refractivity contribution is 9.10. The van der Waals surface area contributed by atoms with Gasteiger partial charge >= 0.3 is 0 Å². The maximum Gasteiger partial charge on any atom is 0.243 e. The van der Waals surface area contributed by atoms with Crippen LogP contribution in [-0.2, 0) is 21.4 Å². The number of hydrogen-bond acceptors (Lipinski definition) is 7. The predicted octanol–water partition coefficient (Wildman–Crippen LogP) is 3.55. The van der Waals surface area contributed by atoms with Gasteiger partial charge in [0, 0.05) is 42.8 Å². The molecular weight excluding hydrogens is 558 g/mol. The number of aryl methyl sites for hydroxylation is 1. The van der Waals surface area contributed by atoms with Gasteiger partial charge < -0.3 is 9.42 Å². The summed E-state index contributed by atoms with van der Waals surface area (Å²) in [5, 5.41) is 4.11. The highest BCUT2D eigenvalue weighted by atomic mass is 79.9. The normalized spacial score (nSPS) is 19.7. The van der Waals surface area contributed by atoms with Crippen molar-refractivity contribution in [2.45, 2.75) is 31.2 Å². The quantitative estimate of drug-likeness (QED) is 0.434. The number of aromatic nitrogens is 2. The first-order chi connectivity index (χ1) is 17.8. The van der Waals surface area contributed by atoms with Gasteiger partial charge in [0.25, 0.3) is 0 Å². The van der Waals surface area contributed by atoms with Crippen molar-refractivity contribution in [2.75, 3.05) is 39.3 Å². The molecule has 0 bridgehead atoms. The number of amides is 1. The molecule has 1 unspecified atom stereocenters. The van der Waals surface area contributed by atoms with Gasteiger partial charge in [0.15, 0.2) is 0 Å². The monoisotopic (exact) mass is 587 g/mol. The molecule has 2 saturated heterocycles. The fourth-order valence-electron chi connectivity index (χ4n) is 4.92. The first kappa shape index (κ1) is 26.0. The van der Waals surface area contributed by atoms with Crippen LogP contribution in [0.15, 0.2) is 62.4 Å². The molecule has 0 saturated carbocycles. The predicted molar refractivity (Wildman–Crippen MR) is 142 cm³/mol. The Labute approximate surface area is 225 Å². The number of carbonyl (C=O) groups is 1. The smallest absolute Gasteiger partial charge is 0.243 e. The Morgan fingerprint density at radius 2 is 1.84 bits per heavy atom. The summed E-state index contributed by atoms with van der Waals surface area (Å²) in [6.45, 7) is 5.32. The third-order valence-corrected chi connectivity index (χ3v) is 9.38. The van der Waals surface area contributed by atoms with E-state index in [2.05, 4.69) is 31.0 Å². The molecule has 0 spiro atoms. The van der Waals surface area contributed by atoms with Crippen molar-refractivity contribution in [3.05, 3.63) is 64.5 Å². The van der Waals surface area contributed by atoms with Crippen molar-refractivity contribution in [1.29, 1.82) is 0 Å². The number of likely N-dealkylation sites (tertiary alicyclic amines) is 1. The maximum absolute atomic E-state index is 13.3. The van der Waals surface area contributed by atoms with Gasteiger partial charge in [0.05, 0.1) is 17.4 Å². The van der Waals surface area contributed by atoms with Crippen molar-refractivity contribution < 1.29 is 17.7 Å². The molecule has 11 heteroatoms. The van der Waals surface area contributed by atoms with Crippen LogP contribution in [0.4, 0.5) is 0 Å². The van der Waals surface area contributed by atoms with Gasteiger partial charge in [-0.25, -0.2) is 8.42 Å². The highest BCUT2D eigenvalue weighted by Gasteiger charge is 2.34. The molecule has 5 rings (SSSR count). The Morgan fingerprint density at radius 3 is 2.57 bits per heavy atom. The Hall–Kier alpha value is -2.60. The molecule has 1 aromatic heterocycles. The Kier molecular flexibility index (Phi) is 7.75. The second-order valence-corrected chi connectivity index (χ2v) is 12.5. The van der Waals surface area contributed by atoms with Gasteiger partial charge in [0.2, 0.25) is 27.6 Å². The molecule has 1 atom stereocenters. The largest absolute Gasteiger partial charge is 0.340 e. The van der Waals surface area contributed by atoms with Crippen LogP contribution >= 0.6 is 15.9 Å². The molecule has 3 heterocycles. The van der Waals surface area contributed by atoms with E-state index in [1.165, 1.54) is 4.31 Å². The second-order valence-electron chi connectivity index (χ2n) is 9.64. The van der Waals surface area contributed by atoms with E-state index in [-0.39, 0.29) is 11.8 Å². The van der Waals surface area contributed by atoms with Gasteiger partial charge in [-0.2, -0.15) is 9.29 Å². The minimum Gasteiger partial charge on any atom is -0.340 e. The molecule has 9 nitrogen and oxygen atoms in total. The van der Waals surface area contributed by atoms with E-state index in [1.807, 2.05) is 36.1 Å². The average molecular weight is 589 g/mol. The molecule has 3 aromatic rings. The minimum atomic E-state index is -3.56. The SMILES string of the molecule is Cc1ccc(S(=O)(=O)N2CCN(C(=O)C3CCCN(Cc4nc(-c5cccc(Br)c5)no4)C3)CC2)cc1. The van der Waals surface area contributed by atoms with Crippen LogP contribution in [0, 0.1) is 12.8 Å². The molecule has 2 aliphatic rings. The van der Waals surface area contributed by atoms with Crippen molar-refractivity contribution in [2.24, 2.45) is 5.92 Å². The highest BCUT2D eigenvalue weighted by Crippen LogP contribution is 2.24. The summed E-state index contributed by atoms with van der Waals surface area (Å²) in [5.74, 6) is 1.04. The molecule has 0 aliphatic carbocycles. The van der Waals surface area contributed by atoms with Crippen molar-refractivity contribution in [1.82, 2.24) is 24.2 Å². The molecule has 37 heavy (non-hydrogen) atoms. The maximum atomic E-state index is 13.3. The third-order valence-electron chi connectivity index (χ3n) is 6.97. The van der Waals surface area contributed by atoms with Crippen LogP contribution in [0.25, 0.3) is 11.4 Å². The third kappa shape index (κ3) is 5.95. The number of halogens is 1. The second kappa shape index (κ2) is 11.0. The number of piperidine rings is 1. The van der Waals surface area contributed by atoms with Crippen LogP contribution in [0.3, 0.4) is 0 Å². The fraction of sp³-hybridized carbons (Fsp3) is 0.423. The van der Waals surface area contributed by atoms with E-state index < -0.39 is 10.0 Å². The summed E-state index contributed by atoms with van der Waals surface area (Å²) in [6, 6.07) is 14.6. The summed E-state index contributed by atoms with van der Waals surface area (Å²) in [4.78, 5) is 22.1. The lowest BCUT2D eigenvalue weighted by atomic mass is 9.96. The lowest BCUT2D eigenvalue weighted by Crippen LogP contribution is -2.53. The standard InChI is InChI=1S/C26H30BrN5O4S/c1-19-7-9-23(10-8-19)37(34,35)32-14-12-31(13-15-32)26(33)21-5-3-11-30(17-21)18-24-28-25(29-36-24)20-4-2-6-22(27)16-20/h2,4,6-10,16,21H,3,5,11-15,17-18H2,1H3. The lowest BCUT2D eigenvalue weighted by molar-refractivity contribution is -0.138. The van der Waals surface area contributed by atoms with Crippen LogP contribution in [0.2, 0.25) is 0 Å². The number of piperazine rings is 1. The zero-order valence-electron chi connectivity index (χ0n) is 20.7. The zero-order valence-corrected chi connectivity index (χ0v) is 23.1. The van der Waals surface area contributed by atoms with Crippen molar-refractivity contribution in [3.63, 3.8) is 0 Å². The summed E-state index contributed by atoms with van der Waals surface area (Å²) >= 11 is 3.46. The number of rotatable bonds is 6. The summed E-state index contributed by atoms with van der Waals surface area (Å²) in [5.41, 5.74) is 1.89. The van der Waals surface area contributed by atoms with Gasteiger partial charge in [-0.3, -0.25) is 9.69 Å². The van der Waals surface area contributed by atoms with E-state index in [0.29, 0.717) is 55.9 Å². The molecule has 196 valence electrons. The lowest BCUT2D eigenvalue weighted by Gasteiger charge is -2.38. The topological polar surface area (TPSA) is 99.9 Å². The van der Waals surface area contributed by atoms with Gasteiger partial charge in [-0.1, -0.05) is 50.9 Å². The Morgan fingerprint density at radius 1 is 1.08 bits per heavy atom. The van der Waals surface area contributed by atoms with E-state index >= 15 is 0 Å². The Bertz CT molecular complexity index is 1350. The average Bonchev–Trinajstić information content (AvgIpc) is 3.37. The van der Waals surface area contributed by atoms with E-state index in [9.17, 15) is 13.2 Å². The first-order valence-corrected chi connectivity index (χ1v) is 14.7. The summed E-state index contributed by atoms with van der Waals surface area (Å²) < 4.78 is 33.9. The van der Waals surface area contributed by atoms with Crippen molar-refractivity contribution in [3.8, 4) is 11.4 Å². The summed E-state index contributed by atoms with van der Waals surface area (Å²) in [6.07, 6.45) is 1.73. The van der Waals surface area contributed by atoms with E-state index in [0.717, 1.165) is 35.0 Å². The summed E-state index contributed by atoms with van der Waals surface area (Å²) in [7, 11) is -3.56. The first-order valence-electron chi connectivity index (χ1n) is 12.5. The molecule has 2 aromatic carbocycles. The van der Waals surface area contributed by atoms with Crippen molar-refractivity contribution >= 4 is 31.9 Å². The number of hydrogen-bond donors (Lipinski definition) is 0. The Balaban J connectivity index is 1.16. The molecular formula is C26H30BrN5O4S. The minimum absolute atomic E-state index is 0.0948. The zero-order chi connectivity index (χ0) is 26.0. The van der Waals surface area contributed by atoms with Crippen LogP contribution < -0.4 is 0 Å². The van der Waals surface area contributed by atoms with Crippen LogP contribution in [0.5, 0.6) is 0 Å². The molecule has 2 fully saturated rings.